The van der Waals surface area contributed by atoms with Gasteiger partial charge in [-0.05, 0) is 36.1 Å². The van der Waals surface area contributed by atoms with E-state index in [1.54, 1.807) is 0 Å². The van der Waals surface area contributed by atoms with Gasteiger partial charge in [0.15, 0.2) is 0 Å². The number of hydrogen-bond donors (Lipinski definition) is 1. The largest absolute Gasteiger partial charge is 0.324 e. The van der Waals surface area contributed by atoms with Crippen molar-refractivity contribution in [2.45, 2.75) is 25.3 Å². The summed E-state index contributed by atoms with van der Waals surface area (Å²) in [4.78, 5) is 0. The minimum absolute atomic E-state index is 0. The molecule has 2 rings (SSSR count). The van der Waals surface area contributed by atoms with Crippen LogP contribution in [-0.2, 0) is 0 Å². The molecule has 1 aliphatic carbocycles. The Morgan fingerprint density at radius 1 is 1.33 bits per heavy atom. The third kappa shape index (κ3) is 3.74. The van der Waals surface area contributed by atoms with Crippen LogP contribution in [0.15, 0.2) is 27.1 Å². The van der Waals surface area contributed by atoms with Gasteiger partial charge in [0.2, 0.25) is 0 Å². The second-order valence-electron chi connectivity index (χ2n) is 3.95. The van der Waals surface area contributed by atoms with Gasteiger partial charge in [0.25, 0.3) is 0 Å². The number of nitrogens with two attached hydrogens (primary N) is 1. The fourth-order valence-corrected chi connectivity index (χ4v) is 2.56. The highest BCUT2D eigenvalue weighted by Gasteiger charge is 2.25. The Hall–Kier alpha value is 0.430. The van der Waals surface area contributed by atoms with Gasteiger partial charge >= 0.3 is 0 Å². The van der Waals surface area contributed by atoms with Crippen molar-refractivity contribution in [1.82, 2.24) is 0 Å². The topological polar surface area (TPSA) is 26.0 Å². The van der Waals surface area contributed by atoms with Gasteiger partial charge < -0.3 is 5.73 Å². The summed E-state index contributed by atoms with van der Waals surface area (Å²) in [5.41, 5.74) is 7.37. The first-order chi connectivity index (χ1) is 6.66. The minimum atomic E-state index is 0. The second-order valence-corrected chi connectivity index (χ2v) is 5.72. The molecular weight excluding hydrogens is 341 g/mol. The lowest BCUT2D eigenvalue weighted by Gasteiger charge is -2.13. The molecule has 1 aromatic carbocycles. The quantitative estimate of drug-likeness (QED) is 0.853. The predicted octanol–water partition coefficient (Wildman–Crippen LogP) is 4.43. The summed E-state index contributed by atoms with van der Waals surface area (Å²) in [6.45, 7) is 0. The van der Waals surface area contributed by atoms with E-state index >= 15 is 0 Å². The smallest absolute Gasteiger partial charge is 0.0309 e. The fraction of sp³-hybridized carbons (Fsp3) is 0.455. The Bertz CT molecular complexity index is 339. The Balaban J connectivity index is 0.00000112. The van der Waals surface area contributed by atoms with Crippen molar-refractivity contribution in [2.24, 2.45) is 11.7 Å². The molecule has 1 fully saturated rings. The van der Waals surface area contributed by atoms with Crippen LogP contribution < -0.4 is 5.73 Å². The van der Waals surface area contributed by atoms with Gasteiger partial charge in [0, 0.05) is 15.0 Å². The molecule has 0 radical (unpaired) electrons. The molecule has 0 spiro atoms. The summed E-state index contributed by atoms with van der Waals surface area (Å²) in [6, 6.07) is 6.36. The third-order valence-corrected chi connectivity index (χ3v) is 3.86. The van der Waals surface area contributed by atoms with Gasteiger partial charge in [-0.3, -0.25) is 0 Å². The van der Waals surface area contributed by atoms with Gasteiger partial charge in [-0.1, -0.05) is 44.7 Å². The first-order valence-corrected chi connectivity index (χ1v) is 6.46. The van der Waals surface area contributed by atoms with E-state index in [1.807, 2.05) is 12.1 Å². The van der Waals surface area contributed by atoms with Crippen LogP contribution in [0, 0.1) is 5.92 Å². The van der Waals surface area contributed by atoms with E-state index < -0.39 is 0 Å². The molecule has 1 saturated carbocycles. The van der Waals surface area contributed by atoms with E-state index in [1.165, 1.54) is 18.4 Å². The minimum Gasteiger partial charge on any atom is -0.324 e. The molecular formula is C11H14Br2ClN. The summed E-state index contributed by atoms with van der Waals surface area (Å²) >= 11 is 7.01. The zero-order valence-corrected chi connectivity index (χ0v) is 12.2. The highest BCUT2D eigenvalue weighted by atomic mass is 79.9. The maximum atomic E-state index is 6.15. The Labute approximate surface area is 113 Å². The first kappa shape index (κ1) is 13.5. The standard InChI is InChI=1S/C11H13Br2N.ClH/c12-8-3-4-10(13)9(6-8)11(14)5-7-1-2-7;/h3-4,6-7,11H,1-2,5,14H2;1H/t11-;/m1./s1. The molecule has 15 heavy (non-hydrogen) atoms. The van der Waals surface area contributed by atoms with E-state index in [-0.39, 0.29) is 18.4 Å². The molecule has 1 atom stereocenters. The third-order valence-electron chi connectivity index (χ3n) is 2.64. The lowest BCUT2D eigenvalue weighted by atomic mass is 10.0. The molecule has 0 amide bonds. The van der Waals surface area contributed by atoms with Crippen LogP contribution in [0.2, 0.25) is 0 Å². The summed E-state index contributed by atoms with van der Waals surface area (Å²) in [7, 11) is 0. The summed E-state index contributed by atoms with van der Waals surface area (Å²) < 4.78 is 2.22. The number of rotatable bonds is 3. The van der Waals surface area contributed by atoms with Gasteiger partial charge in [-0.15, -0.1) is 12.4 Å². The van der Waals surface area contributed by atoms with Gasteiger partial charge in [0.05, 0.1) is 0 Å². The molecule has 84 valence electrons. The molecule has 0 saturated heterocycles. The molecule has 0 aliphatic heterocycles. The van der Waals surface area contributed by atoms with Crippen molar-refractivity contribution in [3.05, 3.63) is 32.7 Å². The molecule has 1 nitrogen and oxygen atoms in total. The highest BCUT2D eigenvalue weighted by molar-refractivity contribution is 9.11. The Morgan fingerprint density at radius 2 is 2.00 bits per heavy atom. The van der Waals surface area contributed by atoms with Crippen molar-refractivity contribution in [3.8, 4) is 0 Å². The Kier molecular flexibility index (Phi) is 5.10. The van der Waals surface area contributed by atoms with Crippen LogP contribution in [0.5, 0.6) is 0 Å². The van der Waals surface area contributed by atoms with Crippen molar-refractivity contribution < 1.29 is 0 Å². The Morgan fingerprint density at radius 3 is 2.60 bits per heavy atom. The maximum absolute atomic E-state index is 6.15. The number of benzene rings is 1. The normalized spacial score (nSPS) is 17.0. The lowest BCUT2D eigenvalue weighted by molar-refractivity contribution is 0.595. The molecule has 0 heterocycles. The zero-order valence-electron chi connectivity index (χ0n) is 8.25. The van der Waals surface area contributed by atoms with Crippen molar-refractivity contribution in [3.63, 3.8) is 0 Å². The average Bonchev–Trinajstić information content (AvgIpc) is 2.93. The summed E-state index contributed by atoms with van der Waals surface area (Å²) in [5.74, 6) is 0.871. The summed E-state index contributed by atoms with van der Waals surface area (Å²) in [5, 5.41) is 0. The predicted molar refractivity (Wildman–Crippen MR) is 73.4 cm³/mol. The van der Waals surface area contributed by atoms with E-state index in [2.05, 4.69) is 37.9 Å². The maximum Gasteiger partial charge on any atom is 0.0309 e. The monoisotopic (exact) mass is 353 g/mol. The van der Waals surface area contributed by atoms with Crippen LogP contribution in [0.1, 0.15) is 30.9 Å². The van der Waals surface area contributed by atoms with E-state index in [4.69, 9.17) is 5.73 Å². The van der Waals surface area contributed by atoms with Gasteiger partial charge in [0.1, 0.15) is 0 Å². The van der Waals surface area contributed by atoms with Crippen LogP contribution >= 0.6 is 44.3 Å². The average molecular weight is 356 g/mol. The molecule has 0 unspecified atom stereocenters. The zero-order chi connectivity index (χ0) is 10.1. The number of hydrogen-bond acceptors (Lipinski definition) is 1. The lowest BCUT2D eigenvalue weighted by Crippen LogP contribution is -2.11. The van der Waals surface area contributed by atoms with Crippen molar-refractivity contribution in [2.75, 3.05) is 0 Å². The first-order valence-electron chi connectivity index (χ1n) is 4.87. The van der Waals surface area contributed by atoms with E-state index in [9.17, 15) is 0 Å². The molecule has 1 aromatic rings. The van der Waals surface area contributed by atoms with Crippen molar-refractivity contribution in [1.29, 1.82) is 0 Å². The van der Waals surface area contributed by atoms with Crippen LogP contribution in [0.25, 0.3) is 0 Å². The van der Waals surface area contributed by atoms with Crippen LogP contribution in [0.3, 0.4) is 0 Å². The molecule has 2 N–H and O–H groups in total. The second kappa shape index (κ2) is 5.67. The fourth-order valence-electron chi connectivity index (χ4n) is 1.64. The van der Waals surface area contributed by atoms with Gasteiger partial charge in [-0.2, -0.15) is 0 Å². The van der Waals surface area contributed by atoms with E-state index in [0.717, 1.165) is 21.3 Å². The van der Waals surface area contributed by atoms with Crippen LogP contribution in [0.4, 0.5) is 0 Å². The molecule has 1 aliphatic rings. The van der Waals surface area contributed by atoms with Crippen molar-refractivity contribution >= 4 is 44.3 Å². The molecule has 4 heteroatoms. The highest BCUT2D eigenvalue weighted by Crippen LogP contribution is 2.38. The summed E-state index contributed by atoms with van der Waals surface area (Å²) in [6.07, 6.45) is 3.84. The molecule has 0 aromatic heterocycles. The SMILES string of the molecule is Cl.N[C@H](CC1CC1)c1cc(Br)ccc1Br. The van der Waals surface area contributed by atoms with Gasteiger partial charge in [-0.25, -0.2) is 0 Å². The number of halogens is 3. The van der Waals surface area contributed by atoms with E-state index in [0.29, 0.717) is 0 Å². The molecule has 0 bridgehead atoms. The van der Waals surface area contributed by atoms with Crippen LogP contribution in [-0.4, -0.2) is 0 Å².